The summed E-state index contributed by atoms with van der Waals surface area (Å²) >= 11 is 0. The Balaban J connectivity index is 0.000000552. The van der Waals surface area contributed by atoms with Gasteiger partial charge in [0.1, 0.15) is 0 Å². The van der Waals surface area contributed by atoms with E-state index in [9.17, 15) is 0 Å². The van der Waals surface area contributed by atoms with Crippen molar-refractivity contribution in [3.63, 3.8) is 0 Å². The summed E-state index contributed by atoms with van der Waals surface area (Å²) in [5, 5.41) is 13.9. The molecule has 0 radical (unpaired) electrons. The lowest BCUT2D eigenvalue weighted by Crippen LogP contribution is -2.30. The molecule has 0 unspecified atom stereocenters. The van der Waals surface area contributed by atoms with E-state index in [0.29, 0.717) is 0 Å². The van der Waals surface area contributed by atoms with Crippen molar-refractivity contribution in [3.05, 3.63) is 144 Å². The van der Waals surface area contributed by atoms with Gasteiger partial charge < -0.3 is 10.2 Å². The van der Waals surface area contributed by atoms with Crippen molar-refractivity contribution < 1.29 is 15.0 Å². The Morgan fingerprint density at radius 1 is 0.448 bits per heavy atom. The molecule has 0 spiro atoms. The monoisotopic (exact) mass is 382 g/mol. The van der Waals surface area contributed by atoms with Crippen molar-refractivity contribution in [1.82, 2.24) is 0 Å². The largest absolute Gasteiger partial charge is 0.503 e. The van der Waals surface area contributed by atoms with Gasteiger partial charge in [0.2, 0.25) is 0 Å². The second-order valence-corrected chi connectivity index (χ2v) is 6.50. The molecule has 0 aliphatic carbocycles. The fraction of sp³-hybridized carbons (Fsp3) is 0.0385. The van der Waals surface area contributed by atoms with Gasteiger partial charge in [-0.05, 0) is 22.3 Å². The molecule has 0 aromatic heterocycles. The van der Waals surface area contributed by atoms with Crippen molar-refractivity contribution in [2.45, 2.75) is 5.41 Å². The smallest absolute Gasteiger partial charge is 0.450 e. The predicted octanol–water partition coefficient (Wildman–Crippen LogP) is 6.29. The molecule has 29 heavy (non-hydrogen) atoms. The summed E-state index contributed by atoms with van der Waals surface area (Å²) in [6.07, 6.45) is -1.83. The summed E-state index contributed by atoms with van der Waals surface area (Å²) < 4.78 is 0. The number of carbonyl (C=O) groups is 1. The van der Waals surface area contributed by atoms with E-state index in [1.807, 2.05) is 0 Å². The maximum Gasteiger partial charge on any atom is 0.503 e. The Bertz CT molecular complexity index is 847. The molecule has 0 atom stereocenters. The third-order valence-corrected chi connectivity index (χ3v) is 4.83. The van der Waals surface area contributed by atoms with Crippen LogP contribution in [0.25, 0.3) is 0 Å². The van der Waals surface area contributed by atoms with Crippen LogP contribution in [-0.4, -0.2) is 16.4 Å². The lowest BCUT2D eigenvalue weighted by Gasteiger charge is -2.36. The SMILES string of the molecule is O=C(O)O.c1ccc(C(c2ccccc2)(c2ccccc2)c2ccccc2)cc1. The second-order valence-electron chi connectivity index (χ2n) is 6.50. The Kier molecular flexibility index (Phi) is 6.43. The second kappa shape index (κ2) is 9.38. The van der Waals surface area contributed by atoms with E-state index in [1.165, 1.54) is 22.3 Å². The first-order valence-corrected chi connectivity index (χ1v) is 9.29. The molecule has 0 fully saturated rings. The van der Waals surface area contributed by atoms with Crippen LogP contribution in [0.1, 0.15) is 22.3 Å². The molecule has 4 rings (SSSR count). The molecule has 0 heterocycles. The summed E-state index contributed by atoms with van der Waals surface area (Å²) in [5.74, 6) is 0. The van der Waals surface area contributed by atoms with Crippen LogP contribution in [0.3, 0.4) is 0 Å². The van der Waals surface area contributed by atoms with Crippen molar-refractivity contribution in [2.24, 2.45) is 0 Å². The van der Waals surface area contributed by atoms with Gasteiger partial charge in [-0.15, -0.1) is 0 Å². The lowest BCUT2D eigenvalue weighted by molar-refractivity contribution is 0.137. The van der Waals surface area contributed by atoms with Gasteiger partial charge in [-0.1, -0.05) is 121 Å². The Labute approximate surface area is 170 Å². The average Bonchev–Trinajstić information content (AvgIpc) is 2.77. The van der Waals surface area contributed by atoms with Crippen LogP contribution in [0.15, 0.2) is 121 Å². The molecule has 0 bridgehead atoms. The number of hydrogen-bond acceptors (Lipinski definition) is 1. The van der Waals surface area contributed by atoms with Crippen LogP contribution >= 0.6 is 0 Å². The van der Waals surface area contributed by atoms with Crippen LogP contribution in [0.5, 0.6) is 0 Å². The van der Waals surface area contributed by atoms with Crippen LogP contribution in [0.2, 0.25) is 0 Å². The zero-order valence-corrected chi connectivity index (χ0v) is 15.8. The van der Waals surface area contributed by atoms with Gasteiger partial charge in [0, 0.05) is 0 Å². The van der Waals surface area contributed by atoms with E-state index in [1.54, 1.807) is 0 Å². The highest BCUT2D eigenvalue weighted by Crippen LogP contribution is 2.44. The van der Waals surface area contributed by atoms with E-state index in [0.717, 1.165) is 0 Å². The highest BCUT2D eigenvalue weighted by atomic mass is 16.6. The van der Waals surface area contributed by atoms with Gasteiger partial charge in [0.15, 0.2) is 0 Å². The van der Waals surface area contributed by atoms with Crippen molar-refractivity contribution in [1.29, 1.82) is 0 Å². The summed E-state index contributed by atoms with van der Waals surface area (Å²) in [7, 11) is 0. The molecule has 4 aromatic rings. The van der Waals surface area contributed by atoms with Gasteiger partial charge in [-0.25, -0.2) is 4.79 Å². The molecule has 3 nitrogen and oxygen atoms in total. The first kappa shape index (κ1) is 19.9. The standard InChI is InChI=1S/C25H20.CH2O3/c1-5-13-21(14-6-1)25(22-15-7-2-8-16-22,23-17-9-3-10-18-23)24-19-11-4-12-20-24;2-1(3)4/h1-20H;(H2,2,3,4). The average molecular weight is 382 g/mol. The van der Waals surface area contributed by atoms with Crippen LogP contribution in [-0.2, 0) is 5.41 Å². The number of benzene rings is 4. The first-order chi connectivity index (χ1) is 14.2. The Morgan fingerprint density at radius 2 is 0.621 bits per heavy atom. The minimum Gasteiger partial charge on any atom is -0.450 e. The van der Waals surface area contributed by atoms with E-state index < -0.39 is 6.16 Å². The van der Waals surface area contributed by atoms with Gasteiger partial charge in [-0.2, -0.15) is 0 Å². The molecule has 4 aromatic carbocycles. The molecular formula is C26H22O3. The maximum atomic E-state index is 8.56. The van der Waals surface area contributed by atoms with Crippen LogP contribution in [0, 0.1) is 0 Å². The first-order valence-electron chi connectivity index (χ1n) is 9.29. The molecule has 0 aliphatic heterocycles. The van der Waals surface area contributed by atoms with Crippen molar-refractivity contribution >= 4 is 6.16 Å². The van der Waals surface area contributed by atoms with Crippen molar-refractivity contribution in [2.75, 3.05) is 0 Å². The van der Waals surface area contributed by atoms with Crippen LogP contribution < -0.4 is 0 Å². The molecule has 0 amide bonds. The molecule has 2 N–H and O–H groups in total. The summed E-state index contributed by atoms with van der Waals surface area (Å²) in [5.41, 5.74) is 4.78. The minimum absolute atomic E-state index is 0.328. The zero-order valence-electron chi connectivity index (χ0n) is 15.8. The highest BCUT2D eigenvalue weighted by molar-refractivity contribution is 5.59. The van der Waals surface area contributed by atoms with E-state index >= 15 is 0 Å². The summed E-state index contributed by atoms with van der Waals surface area (Å²) in [6.45, 7) is 0. The molecule has 144 valence electrons. The molecular weight excluding hydrogens is 360 g/mol. The number of hydrogen-bond donors (Lipinski definition) is 2. The quantitative estimate of drug-likeness (QED) is 0.408. The van der Waals surface area contributed by atoms with Gasteiger partial charge in [-0.3, -0.25) is 0 Å². The lowest BCUT2D eigenvalue weighted by atomic mass is 9.65. The van der Waals surface area contributed by atoms with Gasteiger partial charge in [0.25, 0.3) is 0 Å². The minimum atomic E-state index is -1.83. The maximum absolute atomic E-state index is 8.56. The highest BCUT2D eigenvalue weighted by Gasteiger charge is 2.37. The summed E-state index contributed by atoms with van der Waals surface area (Å²) in [4.78, 5) is 8.56. The Morgan fingerprint density at radius 3 is 0.793 bits per heavy atom. The number of carboxylic acid groups (broad SMARTS) is 2. The van der Waals surface area contributed by atoms with E-state index in [-0.39, 0.29) is 5.41 Å². The topological polar surface area (TPSA) is 57.5 Å². The zero-order chi connectivity index (χ0) is 20.5. The molecule has 3 heteroatoms. The number of rotatable bonds is 4. The van der Waals surface area contributed by atoms with Gasteiger partial charge >= 0.3 is 6.16 Å². The fourth-order valence-electron chi connectivity index (χ4n) is 3.75. The Hall–Kier alpha value is -3.85. The van der Waals surface area contributed by atoms with Gasteiger partial charge in [0.05, 0.1) is 5.41 Å². The van der Waals surface area contributed by atoms with E-state index in [2.05, 4.69) is 121 Å². The molecule has 0 saturated carbocycles. The van der Waals surface area contributed by atoms with E-state index in [4.69, 9.17) is 15.0 Å². The fourth-order valence-corrected chi connectivity index (χ4v) is 3.75. The third kappa shape index (κ3) is 4.36. The predicted molar refractivity (Wildman–Crippen MR) is 115 cm³/mol. The molecule has 0 aliphatic rings. The summed E-state index contributed by atoms with van der Waals surface area (Å²) in [6, 6.07) is 43.1. The van der Waals surface area contributed by atoms with Crippen LogP contribution in [0.4, 0.5) is 4.79 Å². The molecule has 0 saturated heterocycles. The van der Waals surface area contributed by atoms with Crippen molar-refractivity contribution in [3.8, 4) is 0 Å². The third-order valence-electron chi connectivity index (χ3n) is 4.83. The normalized spacial score (nSPS) is 10.5.